The molecular weight excluding hydrogens is 307 g/mol. The lowest BCUT2D eigenvalue weighted by Gasteiger charge is -2.05. The van der Waals surface area contributed by atoms with Crippen molar-refractivity contribution in [1.82, 2.24) is 15.0 Å². The average Bonchev–Trinajstić information content (AvgIpc) is 2.83. The van der Waals surface area contributed by atoms with Gasteiger partial charge in [0.1, 0.15) is 0 Å². The van der Waals surface area contributed by atoms with Gasteiger partial charge in [0.05, 0.1) is 21.8 Å². The first-order valence-electron chi connectivity index (χ1n) is 5.69. The fraction of sp³-hybridized carbons (Fsp3) is 0.273. The molecule has 1 heterocycles. The molecule has 20 heavy (non-hydrogen) atoms. The third-order valence-corrected chi connectivity index (χ3v) is 3.07. The molecule has 0 spiro atoms. The Labute approximate surface area is 123 Å². The minimum atomic E-state index is -0.581. The molecule has 0 radical (unpaired) electrons. The Hall–Kier alpha value is -1.70. The van der Waals surface area contributed by atoms with E-state index < -0.39 is 4.92 Å². The quantitative estimate of drug-likeness (QED) is 0.675. The van der Waals surface area contributed by atoms with Crippen LogP contribution in [0, 0.1) is 10.1 Å². The smallest absolute Gasteiger partial charge is 0.297 e. The molecule has 7 nitrogen and oxygen atoms in total. The fourth-order valence-electron chi connectivity index (χ4n) is 1.70. The van der Waals surface area contributed by atoms with Gasteiger partial charge in [0.15, 0.2) is 5.69 Å². The summed E-state index contributed by atoms with van der Waals surface area (Å²) >= 11 is 11.8. The highest BCUT2D eigenvalue weighted by molar-refractivity contribution is 6.36. The Bertz CT molecular complexity index is 645. The molecule has 2 aromatic rings. The summed E-state index contributed by atoms with van der Waals surface area (Å²) in [7, 11) is 0. The standard InChI is InChI=1S/C11H10Cl2N4O3/c12-7-4-9(13)11(10(5-7)17(19)20)16-6-8(14-15-16)2-1-3-18/h4-6,18H,1-3H2. The molecular formula is C11H10Cl2N4O3. The molecule has 9 heteroatoms. The molecule has 0 saturated carbocycles. The van der Waals surface area contributed by atoms with Crippen LogP contribution in [0.3, 0.4) is 0 Å². The second-order valence-corrected chi connectivity index (χ2v) is 4.84. The van der Waals surface area contributed by atoms with Gasteiger partial charge in [-0.2, -0.15) is 0 Å². The zero-order chi connectivity index (χ0) is 14.7. The monoisotopic (exact) mass is 316 g/mol. The van der Waals surface area contributed by atoms with Crippen LogP contribution < -0.4 is 0 Å². The highest BCUT2D eigenvalue weighted by Crippen LogP contribution is 2.33. The highest BCUT2D eigenvalue weighted by Gasteiger charge is 2.21. The molecule has 106 valence electrons. The SMILES string of the molecule is O=[N+]([O-])c1cc(Cl)cc(Cl)c1-n1cc(CCCO)nn1. The number of hydrogen-bond acceptors (Lipinski definition) is 5. The Morgan fingerprint density at radius 3 is 2.80 bits per heavy atom. The first kappa shape index (κ1) is 14.7. The second kappa shape index (κ2) is 6.17. The van der Waals surface area contributed by atoms with Gasteiger partial charge < -0.3 is 5.11 Å². The summed E-state index contributed by atoms with van der Waals surface area (Å²) in [5, 5.41) is 27.8. The lowest BCUT2D eigenvalue weighted by molar-refractivity contribution is -0.384. The number of nitro benzene ring substituents is 1. The minimum absolute atomic E-state index is 0.0364. The predicted octanol–water partition coefficient (Wildman–Crippen LogP) is 2.41. The number of benzene rings is 1. The third kappa shape index (κ3) is 3.06. The van der Waals surface area contributed by atoms with Crippen molar-refractivity contribution in [3.63, 3.8) is 0 Å². The maximum Gasteiger partial charge on any atom is 0.297 e. The van der Waals surface area contributed by atoms with Crippen LogP contribution in [0.4, 0.5) is 5.69 Å². The molecule has 0 aliphatic heterocycles. The molecule has 2 rings (SSSR count). The maximum absolute atomic E-state index is 11.1. The molecule has 0 bridgehead atoms. The van der Waals surface area contributed by atoms with E-state index >= 15 is 0 Å². The number of aryl methyl sites for hydroxylation is 1. The van der Waals surface area contributed by atoms with E-state index in [0.717, 1.165) is 0 Å². The first-order valence-corrected chi connectivity index (χ1v) is 6.44. The highest BCUT2D eigenvalue weighted by atomic mass is 35.5. The summed E-state index contributed by atoms with van der Waals surface area (Å²) in [6.07, 6.45) is 2.60. The number of hydrogen-bond donors (Lipinski definition) is 1. The predicted molar refractivity (Wildman–Crippen MR) is 73.4 cm³/mol. The number of nitro groups is 1. The Morgan fingerprint density at radius 1 is 1.40 bits per heavy atom. The van der Waals surface area contributed by atoms with Crippen molar-refractivity contribution in [1.29, 1.82) is 0 Å². The summed E-state index contributed by atoms with van der Waals surface area (Å²) in [5.74, 6) is 0. The molecule has 0 unspecified atom stereocenters. The summed E-state index contributed by atoms with van der Waals surface area (Å²) in [5.41, 5.74) is 0.476. The van der Waals surface area contributed by atoms with Crippen LogP contribution >= 0.6 is 23.2 Å². The average molecular weight is 317 g/mol. The van der Waals surface area contributed by atoms with Crippen molar-refractivity contribution < 1.29 is 10.0 Å². The van der Waals surface area contributed by atoms with Crippen molar-refractivity contribution in [3.8, 4) is 5.69 Å². The number of rotatable bonds is 5. The van der Waals surface area contributed by atoms with Crippen LogP contribution in [0.5, 0.6) is 0 Å². The van der Waals surface area contributed by atoms with Crippen LogP contribution in [-0.4, -0.2) is 31.6 Å². The van der Waals surface area contributed by atoms with E-state index in [2.05, 4.69) is 10.3 Å². The molecule has 0 amide bonds. The van der Waals surface area contributed by atoms with Gasteiger partial charge in [0.25, 0.3) is 5.69 Å². The van der Waals surface area contributed by atoms with E-state index in [1.54, 1.807) is 0 Å². The summed E-state index contributed by atoms with van der Waals surface area (Å²) in [4.78, 5) is 10.5. The number of aliphatic hydroxyl groups is 1. The third-order valence-electron chi connectivity index (χ3n) is 2.57. The molecule has 0 fully saturated rings. The van der Waals surface area contributed by atoms with E-state index in [1.807, 2.05) is 0 Å². The van der Waals surface area contributed by atoms with Crippen LogP contribution in [0.1, 0.15) is 12.1 Å². The van der Waals surface area contributed by atoms with Gasteiger partial charge in [0, 0.05) is 17.7 Å². The summed E-state index contributed by atoms with van der Waals surface area (Å²) < 4.78 is 1.24. The van der Waals surface area contributed by atoms with E-state index in [4.69, 9.17) is 28.3 Å². The number of nitrogens with zero attached hydrogens (tertiary/aromatic N) is 4. The van der Waals surface area contributed by atoms with Crippen molar-refractivity contribution in [2.24, 2.45) is 0 Å². The zero-order valence-electron chi connectivity index (χ0n) is 10.2. The van der Waals surface area contributed by atoms with Gasteiger partial charge in [-0.15, -0.1) is 5.10 Å². The maximum atomic E-state index is 11.1. The van der Waals surface area contributed by atoms with Crippen molar-refractivity contribution in [2.75, 3.05) is 6.61 Å². The Morgan fingerprint density at radius 2 is 2.15 bits per heavy atom. The van der Waals surface area contributed by atoms with Gasteiger partial charge >= 0.3 is 0 Å². The van der Waals surface area contributed by atoms with Crippen LogP contribution in [0.15, 0.2) is 18.3 Å². The van der Waals surface area contributed by atoms with E-state index in [1.165, 1.54) is 23.0 Å². The minimum Gasteiger partial charge on any atom is -0.396 e. The van der Waals surface area contributed by atoms with Gasteiger partial charge in [0.2, 0.25) is 0 Å². The molecule has 0 aliphatic rings. The lowest BCUT2D eigenvalue weighted by atomic mass is 10.2. The van der Waals surface area contributed by atoms with Crippen LogP contribution in [0.2, 0.25) is 10.0 Å². The summed E-state index contributed by atoms with van der Waals surface area (Å²) in [6.45, 7) is 0.0364. The number of aliphatic hydroxyl groups excluding tert-OH is 1. The van der Waals surface area contributed by atoms with Crippen molar-refractivity contribution >= 4 is 28.9 Å². The first-order chi connectivity index (χ1) is 9.52. The normalized spacial score (nSPS) is 10.8. The van der Waals surface area contributed by atoms with E-state index in [9.17, 15) is 10.1 Å². The second-order valence-electron chi connectivity index (χ2n) is 3.99. The van der Waals surface area contributed by atoms with Crippen molar-refractivity contribution in [3.05, 3.63) is 44.2 Å². The summed E-state index contributed by atoms with van der Waals surface area (Å²) in [6, 6.07) is 2.61. The van der Waals surface area contributed by atoms with Gasteiger partial charge in [-0.1, -0.05) is 28.4 Å². The van der Waals surface area contributed by atoms with E-state index in [0.29, 0.717) is 18.5 Å². The Balaban J connectivity index is 2.46. The van der Waals surface area contributed by atoms with E-state index in [-0.39, 0.29) is 28.0 Å². The Kier molecular flexibility index (Phi) is 4.53. The van der Waals surface area contributed by atoms with Gasteiger partial charge in [-0.3, -0.25) is 10.1 Å². The fourth-order valence-corrected chi connectivity index (χ4v) is 2.27. The zero-order valence-corrected chi connectivity index (χ0v) is 11.7. The molecule has 1 N–H and O–H groups in total. The molecule has 1 aromatic heterocycles. The molecule has 1 aromatic carbocycles. The van der Waals surface area contributed by atoms with Gasteiger partial charge in [-0.05, 0) is 18.9 Å². The topological polar surface area (TPSA) is 94.1 Å². The van der Waals surface area contributed by atoms with Gasteiger partial charge in [-0.25, -0.2) is 4.68 Å². The van der Waals surface area contributed by atoms with Crippen molar-refractivity contribution in [2.45, 2.75) is 12.8 Å². The largest absolute Gasteiger partial charge is 0.396 e. The lowest BCUT2D eigenvalue weighted by Crippen LogP contribution is -2.02. The molecule has 0 aliphatic carbocycles. The molecule has 0 atom stereocenters. The number of aromatic nitrogens is 3. The van der Waals surface area contributed by atoms with Crippen LogP contribution in [0.25, 0.3) is 5.69 Å². The molecule has 0 saturated heterocycles. The number of halogens is 2. The van der Waals surface area contributed by atoms with Crippen LogP contribution in [-0.2, 0) is 6.42 Å².